The highest BCUT2D eigenvalue weighted by molar-refractivity contribution is 6.30. The van der Waals surface area contributed by atoms with Crippen LogP contribution in [0.2, 0.25) is 5.02 Å². The van der Waals surface area contributed by atoms with E-state index in [0.29, 0.717) is 50.9 Å². The summed E-state index contributed by atoms with van der Waals surface area (Å²) in [5.74, 6) is 4.17. The van der Waals surface area contributed by atoms with Crippen LogP contribution in [0, 0.1) is 23.2 Å². The van der Waals surface area contributed by atoms with Crippen molar-refractivity contribution in [3.8, 4) is 5.75 Å². The predicted octanol–water partition coefficient (Wildman–Crippen LogP) is 5.30. The van der Waals surface area contributed by atoms with Crippen LogP contribution in [-0.2, 0) is 13.7 Å². The number of rotatable bonds is 5. The Kier molecular flexibility index (Phi) is 7.49. The van der Waals surface area contributed by atoms with Crippen molar-refractivity contribution < 1.29 is 4.74 Å². The van der Waals surface area contributed by atoms with Crippen molar-refractivity contribution >= 4 is 34.2 Å². The van der Waals surface area contributed by atoms with Gasteiger partial charge in [-0.05, 0) is 85.4 Å². The van der Waals surface area contributed by atoms with Crippen LogP contribution in [0.4, 0.5) is 5.69 Å². The van der Waals surface area contributed by atoms with Gasteiger partial charge in [-0.25, -0.2) is 9.98 Å². The summed E-state index contributed by atoms with van der Waals surface area (Å²) < 4.78 is 7.46. The van der Waals surface area contributed by atoms with Crippen LogP contribution >= 0.6 is 11.6 Å². The predicted molar refractivity (Wildman–Crippen MR) is 166 cm³/mol. The van der Waals surface area contributed by atoms with Gasteiger partial charge in [0.15, 0.2) is 5.96 Å². The van der Waals surface area contributed by atoms with E-state index in [1.165, 1.54) is 6.42 Å². The lowest BCUT2D eigenvalue weighted by Gasteiger charge is -2.61. The Morgan fingerprint density at radius 3 is 2.68 bits per heavy atom. The molecule has 0 radical (unpaired) electrons. The first kappa shape index (κ1) is 28.0. The Balaban J connectivity index is 1.28. The molecule has 218 valence electrons. The molecule has 2 heterocycles. The quantitative estimate of drug-likeness (QED) is 0.317. The number of fused-ring (bicyclic) bond motifs is 3. The Morgan fingerprint density at radius 2 is 1.98 bits per heavy atom. The van der Waals surface area contributed by atoms with Crippen LogP contribution in [0.15, 0.2) is 52.3 Å². The molecule has 1 saturated heterocycles. The molecule has 7 rings (SSSR count). The molecule has 4 fully saturated rings. The number of guanidine groups is 1. The highest BCUT2D eigenvalue weighted by atomic mass is 35.5. The molecule has 3 aliphatic carbocycles. The van der Waals surface area contributed by atoms with Gasteiger partial charge in [0.1, 0.15) is 18.2 Å². The third kappa shape index (κ3) is 5.44. The molecule has 3 aromatic rings. The lowest BCUT2D eigenvalue weighted by molar-refractivity contribution is -0.108. The Hall–Kier alpha value is -3.10. The van der Waals surface area contributed by atoms with Gasteiger partial charge in [-0.3, -0.25) is 9.36 Å². The zero-order chi connectivity index (χ0) is 28.9. The van der Waals surface area contributed by atoms with E-state index in [0.717, 1.165) is 49.5 Å². The fourth-order valence-electron chi connectivity index (χ4n) is 7.10. The summed E-state index contributed by atoms with van der Waals surface area (Å²) in [7, 11) is 1.73. The van der Waals surface area contributed by atoms with Gasteiger partial charge in [0.2, 0.25) is 0 Å². The number of hydrogen-bond donors (Lipinski definition) is 2. The Bertz CT molecular complexity index is 1520. The van der Waals surface area contributed by atoms with Crippen molar-refractivity contribution in [1.82, 2.24) is 19.8 Å². The minimum Gasteiger partial charge on any atom is -0.486 e. The van der Waals surface area contributed by atoms with Crippen molar-refractivity contribution in [1.29, 1.82) is 0 Å². The molecule has 1 aliphatic heterocycles. The van der Waals surface area contributed by atoms with Crippen LogP contribution < -0.4 is 20.9 Å². The smallest absolute Gasteiger partial charge is 0.261 e. The molecule has 0 spiro atoms. The minimum absolute atomic E-state index is 0.0982. The van der Waals surface area contributed by atoms with Crippen molar-refractivity contribution in [3.05, 3.63) is 63.7 Å². The molecule has 5 atom stereocenters. The first-order valence-electron chi connectivity index (χ1n) is 14.8. The molecule has 2 aromatic carbocycles. The second kappa shape index (κ2) is 11.0. The molecule has 9 heteroatoms. The first-order valence-corrected chi connectivity index (χ1v) is 15.2. The average molecular weight is 577 g/mol. The summed E-state index contributed by atoms with van der Waals surface area (Å²) in [6.45, 7) is 12.3. The molecular formula is C32H41ClN6O2. The summed E-state index contributed by atoms with van der Waals surface area (Å²) in [5.41, 5.74) is 1.84. The van der Waals surface area contributed by atoms with Gasteiger partial charge >= 0.3 is 0 Å². The van der Waals surface area contributed by atoms with E-state index < -0.39 is 0 Å². The summed E-state index contributed by atoms with van der Waals surface area (Å²) in [6, 6.07) is 13.6. The highest BCUT2D eigenvalue weighted by Crippen LogP contribution is 2.61. The van der Waals surface area contributed by atoms with Gasteiger partial charge in [0.25, 0.3) is 5.56 Å². The Labute approximate surface area is 247 Å². The van der Waals surface area contributed by atoms with Gasteiger partial charge in [-0.2, -0.15) is 0 Å². The number of piperazine rings is 1. The molecule has 1 aromatic heterocycles. The molecule has 2 bridgehead atoms. The number of nitrogens with zero attached hydrogens (tertiary/aromatic N) is 4. The van der Waals surface area contributed by atoms with Crippen LogP contribution in [0.25, 0.3) is 10.9 Å². The summed E-state index contributed by atoms with van der Waals surface area (Å²) in [4.78, 5) is 25.8. The average Bonchev–Trinajstić information content (AvgIpc) is 2.95. The monoisotopic (exact) mass is 576 g/mol. The van der Waals surface area contributed by atoms with Crippen molar-refractivity contribution in [2.24, 2.45) is 35.2 Å². The standard InChI is InChI=1S/C32H41ClN6O2/c1-19-17-39(13-12-34-19)31(37-27-15-21-14-26(20(27)2)32(21,3)4)35-23-8-11-25-28(16-23)36-29(38(5)30(25)40)18-41-24-9-6-22(33)7-10-24/h6-11,16,19-21,26-27,34H,12-15,17-18H2,1-5H3,(H,35,37)/t19-,20-,21+,26-,27?/m0/s1. The summed E-state index contributed by atoms with van der Waals surface area (Å²) >= 11 is 5.99. The van der Waals surface area contributed by atoms with Crippen LogP contribution in [0.3, 0.4) is 0 Å². The second-order valence-electron chi connectivity index (χ2n) is 12.8. The zero-order valence-electron chi connectivity index (χ0n) is 24.7. The largest absolute Gasteiger partial charge is 0.486 e. The number of aromatic nitrogens is 2. The molecule has 8 nitrogen and oxygen atoms in total. The lowest BCUT2D eigenvalue weighted by atomic mass is 9.45. The first-order chi connectivity index (χ1) is 19.6. The summed E-state index contributed by atoms with van der Waals surface area (Å²) in [5, 5.41) is 8.42. The SMILES string of the molecule is C[C@@H]1C(/N=C(/Nc2ccc3c(=O)n(C)c(COc4ccc(Cl)cc4)nc3c2)N2CCN[C@@H](C)C2)C[C@H]2C[C@@H]1C2(C)C. The minimum atomic E-state index is -0.0982. The van der Waals surface area contributed by atoms with Crippen molar-refractivity contribution in [3.63, 3.8) is 0 Å². The normalized spacial score (nSPS) is 27.4. The van der Waals surface area contributed by atoms with E-state index in [9.17, 15) is 4.79 Å². The number of nitrogens with one attached hydrogen (secondary N) is 2. The molecule has 2 N–H and O–H groups in total. The fourth-order valence-corrected chi connectivity index (χ4v) is 7.23. The van der Waals surface area contributed by atoms with Crippen LogP contribution in [0.1, 0.15) is 46.4 Å². The van der Waals surface area contributed by atoms with Gasteiger partial charge < -0.3 is 20.3 Å². The molecule has 41 heavy (non-hydrogen) atoms. The number of ether oxygens (including phenoxy) is 1. The number of hydrogen-bond acceptors (Lipinski definition) is 5. The third-order valence-electron chi connectivity index (χ3n) is 9.88. The number of benzene rings is 2. The van der Waals surface area contributed by atoms with E-state index in [-0.39, 0.29) is 12.2 Å². The lowest BCUT2D eigenvalue weighted by Crippen LogP contribution is -2.57. The molecule has 4 aliphatic rings. The van der Waals surface area contributed by atoms with Gasteiger partial charge in [-0.15, -0.1) is 0 Å². The van der Waals surface area contributed by atoms with E-state index in [1.807, 2.05) is 18.2 Å². The third-order valence-corrected chi connectivity index (χ3v) is 10.1. The maximum absolute atomic E-state index is 13.2. The van der Waals surface area contributed by atoms with Crippen LogP contribution in [-0.4, -0.2) is 52.1 Å². The van der Waals surface area contributed by atoms with Crippen LogP contribution in [0.5, 0.6) is 5.75 Å². The van der Waals surface area contributed by atoms with Gasteiger partial charge in [0, 0.05) is 43.4 Å². The van der Waals surface area contributed by atoms with E-state index in [1.54, 1.807) is 35.9 Å². The fraction of sp³-hybridized carbons (Fsp3) is 0.531. The second-order valence-corrected chi connectivity index (χ2v) is 13.2. The van der Waals surface area contributed by atoms with E-state index >= 15 is 0 Å². The Morgan fingerprint density at radius 1 is 1.20 bits per heavy atom. The molecule has 0 amide bonds. The molecular weight excluding hydrogens is 536 g/mol. The summed E-state index contributed by atoms with van der Waals surface area (Å²) in [6.07, 6.45) is 2.48. The van der Waals surface area contributed by atoms with Gasteiger partial charge in [-0.1, -0.05) is 32.4 Å². The topological polar surface area (TPSA) is 83.8 Å². The van der Waals surface area contributed by atoms with Gasteiger partial charge in [0.05, 0.1) is 16.9 Å². The number of halogens is 1. The highest BCUT2D eigenvalue weighted by Gasteiger charge is 2.56. The number of anilines is 1. The van der Waals surface area contributed by atoms with E-state index in [2.05, 4.69) is 43.2 Å². The maximum Gasteiger partial charge on any atom is 0.261 e. The number of aliphatic imine (C=N–C) groups is 1. The maximum atomic E-state index is 13.2. The molecule has 1 unspecified atom stereocenters. The van der Waals surface area contributed by atoms with E-state index in [4.69, 9.17) is 26.3 Å². The van der Waals surface area contributed by atoms with Crippen molar-refractivity contribution in [2.75, 3.05) is 25.0 Å². The zero-order valence-corrected chi connectivity index (χ0v) is 25.4. The van der Waals surface area contributed by atoms with Crippen molar-refractivity contribution in [2.45, 2.75) is 59.2 Å². The molecule has 3 saturated carbocycles.